The molecule has 0 atom stereocenters. The van der Waals surface area contributed by atoms with Crippen LogP contribution in [0.5, 0.6) is 11.5 Å². The van der Waals surface area contributed by atoms with Crippen molar-refractivity contribution in [2.24, 2.45) is 5.10 Å². The number of nitrogens with zero attached hydrogens (tertiary/aromatic N) is 1. The van der Waals surface area contributed by atoms with E-state index in [1.807, 2.05) is 42.5 Å². The number of ether oxygens (including phenoxy) is 2. The molecule has 4 rings (SSSR count). The summed E-state index contributed by atoms with van der Waals surface area (Å²) in [6.45, 7) is 0. The lowest BCUT2D eigenvalue weighted by molar-refractivity contribution is 0.0731. The molecule has 4 aromatic rings. The minimum absolute atomic E-state index is 0.248. The second kappa shape index (κ2) is 10.1. The number of hydrogen-bond acceptors (Lipinski definition) is 5. The average molecular weight is 503 g/mol. The van der Waals surface area contributed by atoms with Gasteiger partial charge in [0, 0.05) is 10.0 Å². The number of methoxy groups -OCH3 is 1. The zero-order valence-corrected chi connectivity index (χ0v) is 19.2. The molecule has 0 saturated heterocycles. The highest BCUT2D eigenvalue weighted by molar-refractivity contribution is 9.10. The van der Waals surface area contributed by atoms with E-state index in [-0.39, 0.29) is 11.7 Å². The summed E-state index contributed by atoms with van der Waals surface area (Å²) in [5, 5.41) is 5.75. The number of esters is 1. The molecular formula is C26H19BrN2O4. The van der Waals surface area contributed by atoms with E-state index in [2.05, 4.69) is 26.5 Å². The zero-order valence-electron chi connectivity index (χ0n) is 17.6. The number of nitrogens with one attached hydrogen (secondary N) is 1. The quantitative estimate of drug-likeness (QED) is 0.161. The van der Waals surface area contributed by atoms with Crippen molar-refractivity contribution < 1.29 is 19.1 Å². The molecule has 0 aliphatic rings. The number of hydrogen-bond donors (Lipinski definition) is 1. The van der Waals surface area contributed by atoms with E-state index in [0.717, 1.165) is 15.2 Å². The van der Waals surface area contributed by atoms with Gasteiger partial charge in [-0.15, -0.1) is 0 Å². The number of benzene rings is 4. The highest BCUT2D eigenvalue weighted by Gasteiger charge is 2.15. The van der Waals surface area contributed by atoms with Gasteiger partial charge in [0.05, 0.1) is 18.9 Å². The number of carbonyl (C=O) groups excluding carboxylic acids is 2. The lowest BCUT2D eigenvalue weighted by atomic mass is 10.0. The number of hydrazone groups is 1. The van der Waals surface area contributed by atoms with E-state index in [9.17, 15) is 9.59 Å². The lowest BCUT2D eigenvalue weighted by Crippen LogP contribution is -2.17. The van der Waals surface area contributed by atoms with Crippen molar-refractivity contribution in [3.8, 4) is 11.5 Å². The molecule has 0 aromatic heterocycles. The van der Waals surface area contributed by atoms with E-state index in [0.29, 0.717) is 22.4 Å². The molecule has 7 heteroatoms. The van der Waals surface area contributed by atoms with E-state index in [4.69, 9.17) is 9.47 Å². The average Bonchev–Trinajstić information content (AvgIpc) is 2.83. The van der Waals surface area contributed by atoms with Gasteiger partial charge in [0.25, 0.3) is 5.91 Å². The predicted octanol–water partition coefficient (Wildman–Crippen LogP) is 5.59. The van der Waals surface area contributed by atoms with Gasteiger partial charge in [-0.1, -0.05) is 58.4 Å². The van der Waals surface area contributed by atoms with Crippen LogP contribution in [0, 0.1) is 0 Å². The normalized spacial score (nSPS) is 10.8. The molecule has 0 unspecified atom stereocenters. The highest BCUT2D eigenvalue weighted by Crippen LogP contribution is 2.29. The number of carbonyl (C=O) groups is 2. The van der Waals surface area contributed by atoms with Gasteiger partial charge in [0.2, 0.25) is 0 Å². The fourth-order valence-electron chi connectivity index (χ4n) is 3.27. The van der Waals surface area contributed by atoms with Crippen LogP contribution in [0.15, 0.2) is 94.5 Å². The van der Waals surface area contributed by atoms with Gasteiger partial charge in [0.15, 0.2) is 11.5 Å². The Morgan fingerprint density at radius 1 is 0.909 bits per heavy atom. The van der Waals surface area contributed by atoms with Crippen molar-refractivity contribution in [1.82, 2.24) is 5.43 Å². The Morgan fingerprint density at radius 2 is 1.70 bits per heavy atom. The predicted molar refractivity (Wildman–Crippen MR) is 131 cm³/mol. The van der Waals surface area contributed by atoms with Gasteiger partial charge in [-0.25, -0.2) is 10.2 Å². The minimum Gasteiger partial charge on any atom is -0.493 e. The monoisotopic (exact) mass is 502 g/mol. The van der Waals surface area contributed by atoms with Crippen LogP contribution in [0.4, 0.5) is 0 Å². The van der Waals surface area contributed by atoms with Gasteiger partial charge in [0.1, 0.15) is 0 Å². The van der Waals surface area contributed by atoms with E-state index in [1.165, 1.54) is 13.3 Å². The molecule has 33 heavy (non-hydrogen) atoms. The van der Waals surface area contributed by atoms with Crippen molar-refractivity contribution in [2.45, 2.75) is 0 Å². The summed E-state index contributed by atoms with van der Waals surface area (Å²) >= 11 is 3.33. The Balaban J connectivity index is 1.52. The maximum absolute atomic E-state index is 12.9. The van der Waals surface area contributed by atoms with Crippen molar-refractivity contribution in [1.29, 1.82) is 0 Å². The first-order valence-electron chi connectivity index (χ1n) is 10.0. The van der Waals surface area contributed by atoms with Gasteiger partial charge < -0.3 is 9.47 Å². The van der Waals surface area contributed by atoms with Crippen molar-refractivity contribution >= 4 is 44.8 Å². The van der Waals surface area contributed by atoms with Crippen LogP contribution in [-0.2, 0) is 0 Å². The van der Waals surface area contributed by atoms with Crippen LogP contribution < -0.4 is 14.9 Å². The minimum atomic E-state index is -0.498. The van der Waals surface area contributed by atoms with Crippen LogP contribution >= 0.6 is 15.9 Å². The Bertz CT molecular complexity index is 1360. The molecule has 0 heterocycles. The molecule has 0 saturated carbocycles. The summed E-state index contributed by atoms with van der Waals surface area (Å²) in [7, 11) is 1.50. The smallest absolute Gasteiger partial charge is 0.344 e. The molecule has 0 radical (unpaired) electrons. The maximum Gasteiger partial charge on any atom is 0.344 e. The Morgan fingerprint density at radius 3 is 2.52 bits per heavy atom. The Hall–Kier alpha value is -3.97. The first-order valence-corrected chi connectivity index (χ1v) is 10.8. The summed E-state index contributed by atoms with van der Waals surface area (Å²) < 4.78 is 11.8. The molecule has 164 valence electrons. The molecule has 6 nitrogen and oxygen atoms in total. The van der Waals surface area contributed by atoms with Crippen molar-refractivity contribution in [2.75, 3.05) is 7.11 Å². The Kier molecular flexibility index (Phi) is 6.80. The molecule has 4 aromatic carbocycles. The molecule has 0 spiro atoms. The van der Waals surface area contributed by atoms with Gasteiger partial charge >= 0.3 is 5.97 Å². The third kappa shape index (κ3) is 5.27. The maximum atomic E-state index is 12.9. The first-order chi connectivity index (χ1) is 16.0. The number of fused-ring (bicyclic) bond motifs is 1. The summed E-state index contributed by atoms with van der Waals surface area (Å²) in [5.74, 6) is -0.192. The standard InChI is InChI=1S/C26H19BrN2O4/c1-32-23-13-12-17(16-28-29-25(30)19-8-4-9-20(27)15-19)14-24(23)33-26(31)22-11-5-7-18-6-2-3-10-21(18)22/h2-16H,1H3,(H,29,30)/b28-16-. The molecular weight excluding hydrogens is 484 g/mol. The number of amides is 1. The Labute approximate surface area is 199 Å². The van der Waals surface area contributed by atoms with Gasteiger partial charge in [-0.3, -0.25) is 4.79 Å². The molecule has 0 fully saturated rings. The SMILES string of the molecule is COc1ccc(/C=N\NC(=O)c2cccc(Br)c2)cc1OC(=O)c1cccc2ccccc12. The first kappa shape index (κ1) is 22.2. The summed E-state index contributed by atoms with van der Waals surface area (Å²) in [5.41, 5.74) is 4.02. The third-order valence-electron chi connectivity index (χ3n) is 4.87. The van der Waals surface area contributed by atoms with E-state index >= 15 is 0 Å². The molecule has 1 N–H and O–H groups in total. The van der Waals surface area contributed by atoms with Gasteiger partial charge in [-0.2, -0.15) is 5.10 Å². The third-order valence-corrected chi connectivity index (χ3v) is 5.36. The summed E-state index contributed by atoms with van der Waals surface area (Å²) in [4.78, 5) is 25.2. The van der Waals surface area contributed by atoms with Crippen molar-refractivity contribution in [3.63, 3.8) is 0 Å². The zero-order chi connectivity index (χ0) is 23.2. The van der Waals surface area contributed by atoms with Crippen LogP contribution in [-0.4, -0.2) is 25.2 Å². The molecule has 0 aliphatic heterocycles. The second-order valence-electron chi connectivity index (χ2n) is 7.04. The largest absolute Gasteiger partial charge is 0.493 e. The fourth-order valence-corrected chi connectivity index (χ4v) is 3.67. The van der Waals surface area contributed by atoms with Crippen molar-refractivity contribution in [3.05, 3.63) is 106 Å². The van der Waals surface area contributed by atoms with Gasteiger partial charge in [-0.05, 0) is 58.8 Å². The highest BCUT2D eigenvalue weighted by atomic mass is 79.9. The number of rotatable bonds is 6. The molecule has 1 amide bonds. The second-order valence-corrected chi connectivity index (χ2v) is 7.95. The molecule has 0 aliphatic carbocycles. The van der Waals surface area contributed by atoms with E-state index < -0.39 is 5.97 Å². The summed E-state index contributed by atoms with van der Waals surface area (Å²) in [6, 6.07) is 25.1. The fraction of sp³-hybridized carbons (Fsp3) is 0.0385. The van der Waals surface area contributed by atoms with Crippen LogP contribution in [0.1, 0.15) is 26.3 Å². The summed E-state index contributed by atoms with van der Waals surface area (Å²) in [6.07, 6.45) is 1.46. The van der Waals surface area contributed by atoms with Crippen LogP contribution in [0.2, 0.25) is 0 Å². The van der Waals surface area contributed by atoms with Crippen LogP contribution in [0.3, 0.4) is 0 Å². The molecule has 0 bridgehead atoms. The number of halogens is 1. The lowest BCUT2D eigenvalue weighted by Gasteiger charge is -2.11. The van der Waals surface area contributed by atoms with E-state index in [1.54, 1.807) is 42.5 Å². The topological polar surface area (TPSA) is 77.0 Å². The van der Waals surface area contributed by atoms with Crippen LogP contribution in [0.25, 0.3) is 10.8 Å².